The maximum absolute atomic E-state index is 11.9. The molecule has 1 aliphatic rings. The molecule has 0 atom stereocenters. The van der Waals surface area contributed by atoms with E-state index < -0.39 is 0 Å². The van der Waals surface area contributed by atoms with Crippen LogP contribution in [0, 0.1) is 0 Å². The summed E-state index contributed by atoms with van der Waals surface area (Å²) >= 11 is 1.46. The van der Waals surface area contributed by atoms with Gasteiger partial charge >= 0.3 is 6.03 Å². The van der Waals surface area contributed by atoms with Gasteiger partial charge in [-0.05, 0) is 41.6 Å². The quantitative estimate of drug-likeness (QED) is 0.894. The van der Waals surface area contributed by atoms with Gasteiger partial charge in [0.05, 0.1) is 5.00 Å². The topological polar surface area (TPSA) is 61.4 Å². The third-order valence-electron chi connectivity index (χ3n) is 3.38. The van der Waals surface area contributed by atoms with E-state index in [0.29, 0.717) is 12.2 Å². The number of nitrogens with zero attached hydrogens (tertiary/aromatic N) is 1. The molecular weight excluding hydrogens is 286 g/mol. The summed E-state index contributed by atoms with van der Waals surface area (Å²) in [6.45, 7) is 2.26. The van der Waals surface area contributed by atoms with Crippen LogP contribution < -0.4 is 15.5 Å². The van der Waals surface area contributed by atoms with Crippen LogP contribution in [-0.2, 0) is 11.2 Å². The molecule has 0 aliphatic carbocycles. The fourth-order valence-electron chi connectivity index (χ4n) is 2.41. The third kappa shape index (κ3) is 2.90. The minimum Gasteiger partial charge on any atom is -0.312 e. The SMILES string of the molecule is CC(=O)N1CCc2ccc(NC(=O)Nc3cccs3)cc21. The van der Waals surface area contributed by atoms with Crippen LogP contribution in [0.15, 0.2) is 35.7 Å². The highest BCUT2D eigenvalue weighted by Gasteiger charge is 2.22. The van der Waals surface area contributed by atoms with E-state index in [-0.39, 0.29) is 11.9 Å². The van der Waals surface area contributed by atoms with Crippen molar-refractivity contribution >= 4 is 39.7 Å². The van der Waals surface area contributed by atoms with Crippen LogP contribution in [0.2, 0.25) is 0 Å². The molecular formula is C15H15N3O2S. The molecule has 0 radical (unpaired) electrons. The van der Waals surface area contributed by atoms with Gasteiger partial charge in [-0.25, -0.2) is 4.79 Å². The molecule has 0 bridgehead atoms. The summed E-state index contributed by atoms with van der Waals surface area (Å²) in [6, 6.07) is 9.09. The van der Waals surface area contributed by atoms with Gasteiger partial charge < -0.3 is 10.2 Å². The van der Waals surface area contributed by atoms with Gasteiger partial charge in [0.25, 0.3) is 0 Å². The monoisotopic (exact) mass is 301 g/mol. The van der Waals surface area contributed by atoms with Crippen LogP contribution in [0.25, 0.3) is 0 Å². The molecule has 0 spiro atoms. The number of carbonyl (C=O) groups excluding carboxylic acids is 2. The molecule has 2 aromatic rings. The number of anilines is 3. The summed E-state index contributed by atoms with van der Waals surface area (Å²) in [5.41, 5.74) is 2.70. The second-order valence-corrected chi connectivity index (χ2v) is 5.77. The third-order valence-corrected chi connectivity index (χ3v) is 4.16. The molecule has 0 fully saturated rings. The molecule has 1 aromatic heterocycles. The number of thiophene rings is 1. The Morgan fingerprint density at radius 1 is 1.24 bits per heavy atom. The average Bonchev–Trinajstić information content (AvgIpc) is 3.06. The Labute approximate surface area is 126 Å². The van der Waals surface area contributed by atoms with E-state index in [1.807, 2.05) is 35.7 Å². The Kier molecular flexibility index (Phi) is 3.62. The highest BCUT2D eigenvalue weighted by molar-refractivity contribution is 7.14. The van der Waals surface area contributed by atoms with Crippen molar-refractivity contribution in [1.82, 2.24) is 0 Å². The van der Waals surface area contributed by atoms with E-state index in [1.54, 1.807) is 11.8 Å². The lowest BCUT2D eigenvalue weighted by molar-refractivity contribution is -0.116. The normalized spacial score (nSPS) is 12.9. The van der Waals surface area contributed by atoms with Crippen molar-refractivity contribution < 1.29 is 9.59 Å². The van der Waals surface area contributed by atoms with Gasteiger partial charge in [-0.15, -0.1) is 11.3 Å². The van der Waals surface area contributed by atoms with Crippen molar-refractivity contribution in [1.29, 1.82) is 0 Å². The first kappa shape index (κ1) is 13.6. The van der Waals surface area contributed by atoms with E-state index in [0.717, 1.165) is 22.7 Å². The molecule has 5 nitrogen and oxygen atoms in total. The average molecular weight is 301 g/mol. The summed E-state index contributed by atoms with van der Waals surface area (Å²) < 4.78 is 0. The highest BCUT2D eigenvalue weighted by atomic mass is 32.1. The number of amides is 3. The molecule has 2 heterocycles. The predicted molar refractivity (Wildman–Crippen MR) is 85.1 cm³/mol. The lowest BCUT2D eigenvalue weighted by Gasteiger charge is -2.15. The number of fused-ring (bicyclic) bond motifs is 1. The molecule has 108 valence electrons. The summed E-state index contributed by atoms with van der Waals surface area (Å²) in [6.07, 6.45) is 0.858. The second-order valence-electron chi connectivity index (χ2n) is 4.82. The number of carbonyl (C=O) groups is 2. The number of urea groups is 1. The molecule has 3 amide bonds. The van der Waals surface area contributed by atoms with Gasteiger partial charge in [-0.3, -0.25) is 10.1 Å². The Hall–Kier alpha value is -2.34. The smallest absolute Gasteiger partial charge is 0.312 e. The molecule has 2 N–H and O–H groups in total. The van der Waals surface area contributed by atoms with Crippen LogP contribution in [-0.4, -0.2) is 18.5 Å². The fourth-order valence-corrected chi connectivity index (χ4v) is 3.02. The van der Waals surface area contributed by atoms with E-state index in [2.05, 4.69) is 10.6 Å². The number of benzene rings is 1. The highest BCUT2D eigenvalue weighted by Crippen LogP contribution is 2.31. The summed E-state index contributed by atoms with van der Waals surface area (Å²) in [4.78, 5) is 25.2. The first-order chi connectivity index (χ1) is 10.1. The Bertz CT molecular complexity index is 682. The molecule has 1 aliphatic heterocycles. The minimum atomic E-state index is -0.287. The maximum atomic E-state index is 11.9. The molecule has 6 heteroatoms. The Balaban J connectivity index is 1.73. The summed E-state index contributed by atoms with van der Waals surface area (Å²) in [5, 5.41) is 8.24. The molecule has 0 saturated heterocycles. The standard InChI is InChI=1S/C15H15N3O2S/c1-10(19)18-7-6-11-4-5-12(9-13(11)18)16-15(20)17-14-3-2-8-21-14/h2-5,8-9H,6-7H2,1H3,(H2,16,17,20). The van der Waals surface area contributed by atoms with Crippen molar-refractivity contribution in [2.75, 3.05) is 22.1 Å². The van der Waals surface area contributed by atoms with Gasteiger partial charge in [0.15, 0.2) is 0 Å². The van der Waals surface area contributed by atoms with Crippen molar-refractivity contribution in [3.63, 3.8) is 0 Å². The van der Waals surface area contributed by atoms with Crippen LogP contribution in [0.5, 0.6) is 0 Å². The zero-order valence-electron chi connectivity index (χ0n) is 11.6. The van der Waals surface area contributed by atoms with E-state index in [9.17, 15) is 9.59 Å². The Morgan fingerprint density at radius 2 is 2.10 bits per heavy atom. The lowest BCUT2D eigenvalue weighted by Crippen LogP contribution is -2.26. The first-order valence-corrected chi connectivity index (χ1v) is 7.54. The van der Waals surface area contributed by atoms with E-state index >= 15 is 0 Å². The second kappa shape index (κ2) is 5.57. The predicted octanol–water partition coefficient (Wildman–Crippen LogP) is 3.30. The number of nitrogens with one attached hydrogen (secondary N) is 2. The van der Waals surface area contributed by atoms with E-state index in [4.69, 9.17) is 0 Å². The molecule has 3 rings (SSSR count). The number of hydrogen-bond acceptors (Lipinski definition) is 3. The van der Waals surface area contributed by atoms with Crippen molar-refractivity contribution in [3.05, 3.63) is 41.3 Å². The first-order valence-electron chi connectivity index (χ1n) is 6.66. The zero-order valence-corrected chi connectivity index (χ0v) is 12.4. The lowest BCUT2D eigenvalue weighted by atomic mass is 10.1. The van der Waals surface area contributed by atoms with Crippen LogP contribution in [0.1, 0.15) is 12.5 Å². The maximum Gasteiger partial charge on any atom is 0.324 e. The number of hydrogen-bond donors (Lipinski definition) is 2. The van der Waals surface area contributed by atoms with Crippen LogP contribution in [0.4, 0.5) is 21.2 Å². The van der Waals surface area contributed by atoms with Crippen LogP contribution >= 0.6 is 11.3 Å². The van der Waals surface area contributed by atoms with Crippen molar-refractivity contribution in [2.45, 2.75) is 13.3 Å². The summed E-state index contributed by atoms with van der Waals surface area (Å²) in [5.74, 6) is 0.0222. The molecule has 0 unspecified atom stereocenters. The van der Waals surface area contributed by atoms with Gasteiger partial charge in [-0.1, -0.05) is 6.07 Å². The fraction of sp³-hybridized carbons (Fsp3) is 0.200. The van der Waals surface area contributed by atoms with Crippen molar-refractivity contribution in [2.24, 2.45) is 0 Å². The zero-order chi connectivity index (χ0) is 14.8. The van der Waals surface area contributed by atoms with Gasteiger partial charge in [0.1, 0.15) is 0 Å². The van der Waals surface area contributed by atoms with E-state index in [1.165, 1.54) is 11.3 Å². The largest absolute Gasteiger partial charge is 0.324 e. The van der Waals surface area contributed by atoms with Gasteiger partial charge in [0.2, 0.25) is 5.91 Å². The van der Waals surface area contributed by atoms with Gasteiger partial charge in [0, 0.05) is 24.8 Å². The molecule has 0 saturated carbocycles. The number of rotatable bonds is 2. The van der Waals surface area contributed by atoms with Crippen LogP contribution in [0.3, 0.4) is 0 Å². The summed E-state index contributed by atoms with van der Waals surface area (Å²) in [7, 11) is 0. The minimum absolute atomic E-state index is 0.0222. The van der Waals surface area contributed by atoms with Crippen molar-refractivity contribution in [3.8, 4) is 0 Å². The molecule has 1 aromatic carbocycles. The Morgan fingerprint density at radius 3 is 2.81 bits per heavy atom. The molecule has 21 heavy (non-hydrogen) atoms. The van der Waals surface area contributed by atoms with Gasteiger partial charge in [-0.2, -0.15) is 0 Å².